The molecule has 3 fully saturated rings. The second-order valence-electron chi connectivity index (χ2n) is 10.0. The highest BCUT2D eigenvalue weighted by molar-refractivity contribution is 6.30. The van der Waals surface area contributed by atoms with Crippen LogP contribution in [-0.2, 0) is 23.9 Å². The average molecular weight is 597 g/mol. The molecular weight excluding hydrogens is 569 g/mol. The number of fused-ring (bicyclic) bond motifs is 3. The average Bonchev–Trinajstić information content (AvgIpc) is 3.38. The summed E-state index contributed by atoms with van der Waals surface area (Å²) in [5.41, 5.74) is 1.47. The molecule has 4 atom stereocenters. The van der Waals surface area contributed by atoms with Crippen LogP contribution >= 0.6 is 11.6 Å². The van der Waals surface area contributed by atoms with Gasteiger partial charge in [-0.3, -0.25) is 24.2 Å². The third-order valence-electron chi connectivity index (χ3n) is 7.97. The molecule has 3 aliphatic heterocycles. The van der Waals surface area contributed by atoms with Gasteiger partial charge in [-0.1, -0.05) is 35.9 Å². The Balaban J connectivity index is 0.000000493. The van der Waals surface area contributed by atoms with Gasteiger partial charge in [0.25, 0.3) is 0 Å². The number of hydrogen-bond acceptors (Lipinski definition) is 7. The van der Waals surface area contributed by atoms with Gasteiger partial charge in [0.2, 0.25) is 11.8 Å². The smallest absolute Gasteiger partial charge is 0.490 e. The highest BCUT2D eigenvalue weighted by Gasteiger charge is 2.72. The Morgan fingerprint density at radius 2 is 1.76 bits per heavy atom. The number of piperidine rings is 1. The lowest BCUT2D eigenvalue weighted by Crippen LogP contribution is -2.59. The largest absolute Gasteiger partial charge is 0.496 e. The van der Waals surface area contributed by atoms with Gasteiger partial charge in [0, 0.05) is 23.7 Å². The number of imide groups is 1. The van der Waals surface area contributed by atoms with Crippen molar-refractivity contribution in [3.05, 3.63) is 53.1 Å². The van der Waals surface area contributed by atoms with Gasteiger partial charge in [0.1, 0.15) is 11.3 Å². The van der Waals surface area contributed by atoms with Crippen LogP contribution in [0.2, 0.25) is 5.02 Å². The number of carbonyl (C=O) groups is 4. The number of carbonyl (C=O) groups excluding carboxylic acids is 3. The number of carboxylic acid groups (broad SMARTS) is 1. The summed E-state index contributed by atoms with van der Waals surface area (Å²) < 4.78 is 42.7. The van der Waals surface area contributed by atoms with E-state index in [1.54, 1.807) is 7.11 Å². The van der Waals surface area contributed by atoms with Gasteiger partial charge in [0.15, 0.2) is 0 Å². The van der Waals surface area contributed by atoms with E-state index < -0.39 is 41.5 Å². The molecule has 0 spiro atoms. The quantitative estimate of drug-likeness (QED) is 0.410. The molecule has 0 aliphatic carbocycles. The van der Waals surface area contributed by atoms with E-state index in [1.165, 1.54) is 19.1 Å². The van der Waals surface area contributed by atoms with Crippen molar-refractivity contribution in [2.45, 2.75) is 37.0 Å². The van der Waals surface area contributed by atoms with E-state index in [0.29, 0.717) is 23.7 Å². The number of aliphatic carboxylic acids is 1. The van der Waals surface area contributed by atoms with Gasteiger partial charge in [-0.2, -0.15) is 13.2 Å². The number of amides is 2. The normalized spacial score (nSPS) is 25.6. The monoisotopic (exact) mass is 596 g/mol. The topological polar surface area (TPSA) is 113 Å². The Morgan fingerprint density at radius 3 is 2.34 bits per heavy atom. The first kappa shape index (κ1) is 30.3. The van der Waals surface area contributed by atoms with Crippen molar-refractivity contribution < 1.29 is 46.9 Å². The van der Waals surface area contributed by atoms with E-state index >= 15 is 0 Å². The zero-order valence-corrected chi connectivity index (χ0v) is 23.2. The molecule has 0 bridgehead atoms. The fourth-order valence-electron chi connectivity index (χ4n) is 6.29. The zero-order chi connectivity index (χ0) is 30.3. The minimum absolute atomic E-state index is 0.254. The lowest BCUT2D eigenvalue weighted by molar-refractivity contribution is -0.192. The van der Waals surface area contributed by atoms with Gasteiger partial charge < -0.3 is 14.6 Å². The van der Waals surface area contributed by atoms with E-state index in [9.17, 15) is 27.6 Å². The van der Waals surface area contributed by atoms with Gasteiger partial charge in [-0.15, -0.1) is 0 Å². The van der Waals surface area contributed by atoms with Gasteiger partial charge >= 0.3 is 18.1 Å². The number of halogens is 4. The maximum Gasteiger partial charge on any atom is 0.490 e. The number of carboxylic acids is 1. The van der Waals surface area contributed by atoms with Crippen LogP contribution in [0.25, 0.3) is 11.1 Å². The molecule has 5 rings (SSSR count). The van der Waals surface area contributed by atoms with Crippen molar-refractivity contribution in [3.63, 3.8) is 0 Å². The van der Waals surface area contributed by atoms with Crippen LogP contribution in [-0.4, -0.2) is 78.2 Å². The fraction of sp³-hybridized carbons (Fsp3) is 0.429. The third kappa shape index (κ3) is 5.14. The number of hydrogen-bond donors (Lipinski definition) is 1. The number of alkyl halides is 3. The molecule has 220 valence electrons. The first-order valence-corrected chi connectivity index (χ1v) is 13.1. The van der Waals surface area contributed by atoms with E-state index in [4.69, 9.17) is 31.0 Å². The van der Waals surface area contributed by atoms with Crippen LogP contribution in [0.3, 0.4) is 0 Å². The molecule has 2 aromatic carbocycles. The molecule has 1 N–H and O–H groups in total. The van der Waals surface area contributed by atoms with Crippen LogP contribution in [0.1, 0.15) is 30.9 Å². The Morgan fingerprint density at radius 1 is 1.07 bits per heavy atom. The molecule has 0 aromatic heterocycles. The summed E-state index contributed by atoms with van der Waals surface area (Å²) in [7, 11) is 4.45. The fourth-order valence-corrected chi connectivity index (χ4v) is 6.48. The molecule has 0 saturated carbocycles. The summed E-state index contributed by atoms with van der Waals surface area (Å²) >= 11 is 6.20. The SMILES string of the molecule is COC(=O)[C@@]12CCCCN1[C@H](c1ccc(-c3cccc(Cl)c3)c(OC)c1)[C@@H]1C(=O)N(C)C(=O)[C@@H]12.O=C(O)C(F)(F)F. The molecule has 0 radical (unpaired) electrons. The van der Waals surface area contributed by atoms with Crippen molar-refractivity contribution in [3.8, 4) is 16.9 Å². The first-order valence-electron chi connectivity index (χ1n) is 12.7. The maximum absolute atomic E-state index is 13.3. The summed E-state index contributed by atoms with van der Waals surface area (Å²) in [6.45, 7) is 0.607. The van der Waals surface area contributed by atoms with Crippen molar-refractivity contribution in [2.24, 2.45) is 11.8 Å². The summed E-state index contributed by atoms with van der Waals surface area (Å²) in [5.74, 6) is -4.55. The highest BCUT2D eigenvalue weighted by atomic mass is 35.5. The highest BCUT2D eigenvalue weighted by Crippen LogP contribution is 2.58. The second-order valence-corrected chi connectivity index (χ2v) is 10.5. The molecule has 3 heterocycles. The van der Waals surface area contributed by atoms with Crippen molar-refractivity contribution in [2.75, 3.05) is 27.8 Å². The first-order chi connectivity index (χ1) is 19.3. The number of rotatable bonds is 4. The number of likely N-dealkylation sites (tertiary alicyclic amines) is 1. The molecule has 3 saturated heterocycles. The molecule has 41 heavy (non-hydrogen) atoms. The summed E-state index contributed by atoms with van der Waals surface area (Å²) in [6.07, 6.45) is -2.92. The van der Waals surface area contributed by atoms with Crippen LogP contribution in [0.4, 0.5) is 13.2 Å². The van der Waals surface area contributed by atoms with Crippen molar-refractivity contribution in [1.82, 2.24) is 9.80 Å². The third-order valence-corrected chi connectivity index (χ3v) is 8.20. The Hall–Kier alpha value is -3.64. The maximum atomic E-state index is 13.3. The van der Waals surface area contributed by atoms with Gasteiger partial charge in [-0.25, -0.2) is 4.79 Å². The summed E-state index contributed by atoms with van der Waals surface area (Å²) in [6, 6.07) is 12.9. The number of ether oxygens (including phenoxy) is 2. The van der Waals surface area contributed by atoms with Crippen LogP contribution in [0, 0.1) is 11.8 Å². The lowest BCUT2D eigenvalue weighted by Gasteiger charge is -2.44. The standard InChI is InChI=1S/C26H27ClN2O5.C2HF3O2/c1-28-23(30)20-21(24(28)31)26(25(32)34-3)11-4-5-12-29(26)22(20)16-9-10-18(19(14-16)33-2)15-7-6-8-17(27)13-15;3-2(4,5)1(6)7/h6-10,13-14,20-22H,4-5,11-12H2,1-3H3;(H,6,7)/t20-,21-,22-,26+;/m1./s1. The molecule has 13 heteroatoms. The summed E-state index contributed by atoms with van der Waals surface area (Å²) in [4.78, 5) is 52.0. The van der Waals surface area contributed by atoms with Crippen LogP contribution < -0.4 is 4.74 Å². The van der Waals surface area contributed by atoms with E-state index in [1.807, 2.05) is 47.4 Å². The van der Waals surface area contributed by atoms with Crippen molar-refractivity contribution in [1.29, 1.82) is 0 Å². The molecule has 3 aliphatic rings. The van der Waals surface area contributed by atoms with E-state index in [-0.39, 0.29) is 11.8 Å². The zero-order valence-electron chi connectivity index (χ0n) is 22.4. The minimum atomic E-state index is -5.08. The van der Waals surface area contributed by atoms with Crippen LogP contribution in [0.5, 0.6) is 5.75 Å². The minimum Gasteiger partial charge on any atom is -0.496 e. The van der Waals surface area contributed by atoms with E-state index in [0.717, 1.165) is 29.5 Å². The Bertz CT molecular complexity index is 1380. The second kappa shape index (κ2) is 11.3. The number of nitrogens with zero attached hydrogens (tertiary/aromatic N) is 2. The number of esters is 1. The predicted molar refractivity (Wildman–Crippen MR) is 140 cm³/mol. The summed E-state index contributed by atoms with van der Waals surface area (Å²) in [5, 5.41) is 7.75. The predicted octanol–water partition coefficient (Wildman–Crippen LogP) is 4.33. The van der Waals surface area contributed by atoms with Crippen LogP contribution in [0.15, 0.2) is 42.5 Å². The Kier molecular flexibility index (Phi) is 8.38. The molecule has 2 amide bonds. The lowest BCUT2D eigenvalue weighted by atomic mass is 9.75. The van der Waals surface area contributed by atoms with Gasteiger partial charge in [-0.05, 0) is 55.1 Å². The Labute approximate surface area is 238 Å². The van der Waals surface area contributed by atoms with E-state index in [2.05, 4.69) is 0 Å². The molecule has 9 nitrogen and oxygen atoms in total. The number of methoxy groups -OCH3 is 2. The molecule has 0 unspecified atom stereocenters. The number of benzene rings is 2. The molecular formula is C28H28ClF3N2O7. The molecule has 2 aromatic rings. The van der Waals surface area contributed by atoms with Crippen molar-refractivity contribution >= 4 is 35.4 Å². The van der Waals surface area contributed by atoms with Gasteiger partial charge in [0.05, 0.1) is 26.1 Å².